The summed E-state index contributed by atoms with van der Waals surface area (Å²) in [7, 11) is 0. The maximum atomic E-state index is 9.91. The Labute approximate surface area is 154 Å². The molecule has 0 amide bonds. The van der Waals surface area contributed by atoms with Crippen LogP contribution in [0.15, 0.2) is 66.1 Å². The Bertz CT molecular complexity index is 974. The Morgan fingerprint density at radius 1 is 1.23 bits per heavy atom. The van der Waals surface area contributed by atoms with Crippen molar-refractivity contribution in [2.75, 3.05) is 0 Å². The van der Waals surface area contributed by atoms with Gasteiger partial charge in [-0.3, -0.25) is 4.98 Å². The fourth-order valence-electron chi connectivity index (χ4n) is 2.72. The zero-order valence-corrected chi connectivity index (χ0v) is 14.6. The molecule has 1 aromatic carbocycles. The highest BCUT2D eigenvalue weighted by Crippen LogP contribution is 2.36. The molecule has 0 bridgehead atoms. The number of pyridine rings is 1. The molecule has 128 valence electrons. The molecule has 0 spiro atoms. The van der Waals surface area contributed by atoms with Crippen molar-refractivity contribution in [1.29, 1.82) is 5.26 Å². The minimum atomic E-state index is -1.22. The summed E-state index contributed by atoms with van der Waals surface area (Å²) in [6, 6.07) is 13.9. The smallest absolute Gasteiger partial charge is 0.259 e. The molecule has 2 unspecified atom stereocenters. The van der Waals surface area contributed by atoms with Crippen LogP contribution in [-0.4, -0.2) is 22.0 Å². The molecule has 7 heteroatoms. The number of hydrogen-bond acceptors (Lipinski definition) is 7. The second-order valence-electron chi connectivity index (χ2n) is 5.70. The van der Waals surface area contributed by atoms with Crippen LogP contribution in [0.4, 0.5) is 0 Å². The molecule has 0 fully saturated rings. The van der Waals surface area contributed by atoms with Crippen LogP contribution in [0.5, 0.6) is 0 Å². The fourth-order valence-corrected chi connectivity index (χ4v) is 3.78. The van der Waals surface area contributed by atoms with E-state index in [4.69, 9.17) is 4.74 Å². The van der Waals surface area contributed by atoms with Crippen LogP contribution in [-0.2, 0) is 11.3 Å². The third-order valence-corrected chi connectivity index (χ3v) is 5.13. The van der Waals surface area contributed by atoms with E-state index in [1.807, 2.05) is 36.4 Å². The highest BCUT2D eigenvalue weighted by atomic mass is 32.1. The van der Waals surface area contributed by atoms with Gasteiger partial charge in [0.25, 0.3) is 5.85 Å². The van der Waals surface area contributed by atoms with Crippen molar-refractivity contribution in [3.8, 4) is 6.07 Å². The van der Waals surface area contributed by atoms with Crippen molar-refractivity contribution in [2.24, 2.45) is 4.99 Å². The molecular formula is C19H15N5OS. The molecule has 0 saturated heterocycles. The largest absolute Gasteiger partial charge is 0.344 e. The fraction of sp³-hybridized carbons (Fsp3) is 0.158. The van der Waals surface area contributed by atoms with Crippen molar-refractivity contribution in [3.63, 3.8) is 0 Å². The minimum absolute atomic E-state index is 0.295. The maximum absolute atomic E-state index is 9.91. The number of hydrogen-bond donors (Lipinski definition) is 1. The van der Waals surface area contributed by atoms with Gasteiger partial charge in [-0.1, -0.05) is 12.1 Å². The average Bonchev–Trinajstić information content (AvgIpc) is 3.12. The number of para-hydroxylation sites is 1. The molecule has 0 radical (unpaired) electrons. The standard InChI is InChI=1S/C19H15N5OS/c20-12-15(18-24-16-4-1-2-5-17(16)26-18)19(22-8-3-9-23-19)25-13-14-6-10-21-11-7-14/h1-11,15,22H,13H2. The van der Waals surface area contributed by atoms with E-state index in [1.54, 1.807) is 30.9 Å². The van der Waals surface area contributed by atoms with Gasteiger partial charge in [-0.25, -0.2) is 9.98 Å². The van der Waals surface area contributed by atoms with Gasteiger partial charge in [-0.05, 0) is 35.9 Å². The summed E-state index contributed by atoms with van der Waals surface area (Å²) in [5, 5.41) is 13.7. The maximum Gasteiger partial charge on any atom is 0.259 e. The van der Waals surface area contributed by atoms with Gasteiger partial charge in [-0.15, -0.1) is 11.3 Å². The van der Waals surface area contributed by atoms with E-state index in [2.05, 4.69) is 26.3 Å². The number of aromatic nitrogens is 2. The van der Waals surface area contributed by atoms with Crippen LogP contribution in [0.25, 0.3) is 10.2 Å². The predicted molar refractivity (Wildman–Crippen MR) is 100 cm³/mol. The third-order valence-electron chi connectivity index (χ3n) is 4.02. The molecule has 26 heavy (non-hydrogen) atoms. The Kier molecular flexibility index (Phi) is 4.44. The monoisotopic (exact) mass is 361 g/mol. The molecule has 3 aromatic rings. The van der Waals surface area contributed by atoms with E-state index in [9.17, 15) is 5.26 Å². The van der Waals surface area contributed by atoms with Crippen molar-refractivity contribution < 1.29 is 4.74 Å². The van der Waals surface area contributed by atoms with E-state index in [-0.39, 0.29) is 0 Å². The molecule has 2 aromatic heterocycles. The van der Waals surface area contributed by atoms with Gasteiger partial charge in [0.1, 0.15) is 5.01 Å². The van der Waals surface area contributed by atoms with Gasteiger partial charge >= 0.3 is 0 Å². The Morgan fingerprint density at radius 2 is 2.08 bits per heavy atom. The van der Waals surface area contributed by atoms with Crippen LogP contribution < -0.4 is 5.32 Å². The summed E-state index contributed by atoms with van der Waals surface area (Å²) >= 11 is 1.48. The number of nitrogens with one attached hydrogen (secondary N) is 1. The molecule has 1 aliphatic rings. The minimum Gasteiger partial charge on any atom is -0.344 e. The first-order valence-corrected chi connectivity index (χ1v) is 8.88. The van der Waals surface area contributed by atoms with Crippen LogP contribution in [0, 0.1) is 11.3 Å². The number of nitriles is 1. The second-order valence-corrected chi connectivity index (χ2v) is 6.77. The highest BCUT2D eigenvalue weighted by molar-refractivity contribution is 7.18. The molecule has 2 atom stereocenters. The first-order valence-electron chi connectivity index (χ1n) is 8.07. The third kappa shape index (κ3) is 3.08. The topological polar surface area (TPSA) is 83.2 Å². The second kappa shape index (κ2) is 7.04. The number of rotatable bonds is 5. The molecule has 3 heterocycles. The van der Waals surface area contributed by atoms with Gasteiger partial charge in [0.2, 0.25) is 0 Å². The van der Waals surface area contributed by atoms with Crippen molar-refractivity contribution in [3.05, 3.63) is 71.6 Å². The lowest BCUT2D eigenvalue weighted by Gasteiger charge is -2.34. The summed E-state index contributed by atoms with van der Waals surface area (Å²) < 4.78 is 7.15. The summed E-state index contributed by atoms with van der Waals surface area (Å²) in [6.45, 7) is 0.295. The first-order chi connectivity index (χ1) is 12.8. The van der Waals surface area contributed by atoms with Crippen molar-refractivity contribution in [2.45, 2.75) is 18.4 Å². The van der Waals surface area contributed by atoms with Crippen LogP contribution in [0.2, 0.25) is 0 Å². The van der Waals surface area contributed by atoms with E-state index >= 15 is 0 Å². The van der Waals surface area contributed by atoms with Crippen LogP contribution >= 0.6 is 11.3 Å². The normalized spacial score (nSPS) is 19.8. The number of fused-ring (bicyclic) bond motifs is 1. The van der Waals surface area contributed by atoms with Crippen molar-refractivity contribution in [1.82, 2.24) is 15.3 Å². The summed E-state index contributed by atoms with van der Waals surface area (Å²) in [4.78, 5) is 13.1. The SMILES string of the molecule is N#CC(c1nc2ccccc2s1)C1(OCc2ccncc2)N=CC=CN1. The van der Waals surface area contributed by atoms with Gasteiger partial charge in [0, 0.05) is 24.8 Å². The highest BCUT2D eigenvalue weighted by Gasteiger charge is 2.43. The quantitative estimate of drug-likeness (QED) is 0.753. The molecule has 6 nitrogen and oxygen atoms in total. The van der Waals surface area contributed by atoms with Gasteiger partial charge in [0.05, 0.1) is 22.9 Å². The number of aliphatic imine (C=N–C) groups is 1. The van der Waals surface area contributed by atoms with E-state index in [0.717, 1.165) is 15.8 Å². The van der Waals surface area contributed by atoms with Crippen molar-refractivity contribution >= 4 is 27.8 Å². The van der Waals surface area contributed by atoms with Crippen LogP contribution in [0.1, 0.15) is 16.5 Å². The Morgan fingerprint density at radius 3 is 2.81 bits per heavy atom. The summed E-state index contributed by atoms with van der Waals surface area (Å²) in [6.07, 6.45) is 8.55. The zero-order valence-electron chi connectivity index (χ0n) is 13.7. The van der Waals surface area contributed by atoms with Gasteiger partial charge < -0.3 is 10.1 Å². The Hall–Kier alpha value is -3.08. The van der Waals surface area contributed by atoms with E-state index in [0.29, 0.717) is 11.6 Å². The van der Waals surface area contributed by atoms with Gasteiger partial charge in [0.15, 0.2) is 5.92 Å². The molecule has 0 aliphatic carbocycles. The number of ether oxygens (including phenoxy) is 1. The predicted octanol–water partition coefficient (Wildman–Crippen LogP) is 3.36. The molecular weight excluding hydrogens is 346 g/mol. The average molecular weight is 361 g/mol. The number of thiazole rings is 1. The number of benzene rings is 1. The summed E-state index contributed by atoms with van der Waals surface area (Å²) in [5.41, 5.74) is 1.82. The number of nitrogens with zero attached hydrogens (tertiary/aromatic N) is 4. The van der Waals surface area contributed by atoms with Crippen LogP contribution in [0.3, 0.4) is 0 Å². The first kappa shape index (κ1) is 16.4. The number of allylic oxidation sites excluding steroid dienone is 1. The Balaban J connectivity index is 1.69. The zero-order chi connectivity index (χ0) is 17.8. The lowest BCUT2D eigenvalue weighted by atomic mass is 10.0. The molecule has 1 aliphatic heterocycles. The van der Waals surface area contributed by atoms with E-state index in [1.165, 1.54) is 11.3 Å². The molecule has 1 N–H and O–H groups in total. The lowest BCUT2D eigenvalue weighted by Crippen LogP contribution is -2.49. The molecule has 0 saturated carbocycles. The molecule has 4 rings (SSSR count). The lowest BCUT2D eigenvalue weighted by molar-refractivity contribution is -0.0751. The van der Waals surface area contributed by atoms with E-state index < -0.39 is 11.8 Å². The summed E-state index contributed by atoms with van der Waals surface area (Å²) in [5.74, 6) is -1.91. The van der Waals surface area contributed by atoms with Gasteiger partial charge in [-0.2, -0.15) is 5.26 Å².